The minimum Gasteiger partial charge on any atom is -0.490 e. The number of ether oxygens (including phenoxy) is 2. The topological polar surface area (TPSA) is 38.8 Å². The zero-order chi connectivity index (χ0) is 12.3. The van der Waals surface area contributed by atoms with E-state index in [2.05, 4.69) is 0 Å². The highest BCUT2D eigenvalue weighted by Gasteiger charge is 2.30. The van der Waals surface area contributed by atoms with Crippen molar-refractivity contribution in [2.75, 3.05) is 19.7 Å². The number of benzene rings is 1. The number of aryl methyl sites for hydroxylation is 1. The first-order valence-corrected chi connectivity index (χ1v) is 5.84. The molecular formula is C13H17NO3. The molecule has 4 nitrogen and oxygen atoms in total. The predicted octanol–water partition coefficient (Wildman–Crippen LogP) is 2.21. The van der Waals surface area contributed by atoms with E-state index in [0.29, 0.717) is 19.7 Å². The van der Waals surface area contributed by atoms with Crippen molar-refractivity contribution in [3.8, 4) is 5.75 Å². The predicted molar refractivity (Wildman–Crippen MR) is 64.2 cm³/mol. The fourth-order valence-corrected chi connectivity index (χ4v) is 1.74. The number of cyclic esters (lactones) is 1. The van der Waals surface area contributed by atoms with E-state index >= 15 is 0 Å². The maximum atomic E-state index is 11.3. The van der Waals surface area contributed by atoms with Gasteiger partial charge in [-0.1, -0.05) is 17.7 Å². The summed E-state index contributed by atoms with van der Waals surface area (Å²) in [5.41, 5.74) is 1.20. The van der Waals surface area contributed by atoms with Crippen LogP contribution in [0.25, 0.3) is 0 Å². The number of hydrogen-bond donors (Lipinski definition) is 0. The van der Waals surface area contributed by atoms with Gasteiger partial charge in [-0.25, -0.2) is 4.79 Å². The summed E-state index contributed by atoms with van der Waals surface area (Å²) >= 11 is 0. The molecule has 92 valence electrons. The lowest BCUT2D eigenvalue weighted by molar-refractivity contribution is 0.103. The van der Waals surface area contributed by atoms with E-state index in [1.807, 2.05) is 38.1 Å². The van der Waals surface area contributed by atoms with Crippen molar-refractivity contribution in [3.05, 3.63) is 29.8 Å². The smallest absolute Gasteiger partial charge is 0.410 e. The summed E-state index contributed by atoms with van der Waals surface area (Å²) in [7, 11) is 0. The first-order chi connectivity index (χ1) is 8.19. The van der Waals surface area contributed by atoms with Gasteiger partial charge in [0.05, 0.1) is 6.54 Å². The van der Waals surface area contributed by atoms with Crippen molar-refractivity contribution in [2.24, 2.45) is 0 Å². The molecule has 1 aliphatic heterocycles. The summed E-state index contributed by atoms with van der Waals surface area (Å²) in [6.45, 7) is 5.67. The molecule has 0 aromatic heterocycles. The zero-order valence-corrected chi connectivity index (χ0v) is 10.2. The van der Waals surface area contributed by atoms with Crippen LogP contribution in [0.4, 0.5) is 4.79 Å². The molecule has 0 aliphatic carbocycles. The van der Waals surface area contributed by atoms with Gasteiger partial charge < -0.3 is 14.4 Å². The van der Waals surface area contributed by atoms with Gasteiger partial charge in [-0.15, -0.1) is 0 Å². The van der Waals surface area contributed by atoms with Gasteiger partial charge in [0, 0.05) is 6.54 Å². The lowest BCUT2D eigenvalue weighted by Gasteiger charge is -2.11. The molecule has 1 atom stereocenters. The van der Waals surface area contributed by atoms with Gasteiger partial charge in [-0.3, -0.25) is 0 Å². The van der Waals surface area contributed by atoms with Crippen molar-refractivity contribution < 1.29 is 14.3 Å². The molecule has 0 radical (unpaired) electrons. The standard InChI is InChI=1S/C13H17NO3/c1-3-14-8-12(17-13(14)15)9-16-11-6-4-10(2)5-7-11/h4-7,12H,3,8-9H2,1-2H3/t12-/m1/s1. The highest BCUT2D eigenvalue weighted by atomic mass is 16.6. The minimum atomic E-state index is -0.245. The molecule has 0 spiro atoms. The highest BCUT2D eigenvalue weighted by Crippen LogP contribution is 2.15. The van der Waals surface area contributed by atoms with Gasteiger partial charge in [0.25, 0.3) is 0 Å². The third-order valence-electron chi connectivity index (χ3n) is 2.79. The largest absolute Gasteiger partial charge is 0.490 e. The number of carbonyl (C=O) groups excluding carboxylic acids is 1. The molecule has 1 aliphatic rings. The first-order valence-electron chi connectivity index (χ1n) is 5.84. The molecule has 1 aromatic carbocycles. The fraction of sp³-hybridized carbons (Fsp3) is 0.462. The Kier molecular flexibility index (Phi) is 3.52. The number of rotatable bonds is 4. The molecule has 2 rings (SSSR count). The Bertz CT molecular complexity index is 388. The van der Waals surface area contributed by atoms with Crippen LogP contribution in [0.3, 0.4) is 0 Å². The highest BCUT2D eigenvalue weighted by molar-refractivity contribution is 5.69. The number of carbonyl (C=O) groups is 1. The summed E-state index contributed by atoms with van der Waals surface area (Å²) in [5.74, 6) is 0.807. The van der Waals surface area contributed by atoms with Gasteiger partial charge in [0.1, 0.15) is 12.4 Å². The van der Waals surface area contributed by atoms with Gasteiger partial charge in [0.15, 0.2) is 6.10 Å². The molecule has 0 unspecified atom stereocenters. The van der Waals surface area contributed by atoms with E-state index in [0.717, 1.165) is 5.75 Å². The van der Waals surface area contributed by atoms with E-state index in [9.17, 15) is 4.79 Å². The van der Waals surface area contributed by atoms with Crippen LogP contribution < -0.4 is 4.74 Å². The Balaban J connectivity index is 1.83. The summed E-state index contributed by atoms with van der Waals surface area (Å²) in [4.78, 5) is 13.0. The number of hydrogen-bond acceptors (Lipinski definition) is 3. The van der Waals surface area contributed by atoms with Crippen molar-refractivity contribution in [1.29, 1.82) is 0 Å². The first kappa shape index (κ1) is 11.8. The second-order valence-corrected chi connectivity index (χ2v) is 4.17. The SMILES string of the molecule is CCN1C[C@H](COc2ccc(C)cc2)OC1=O. The van der Waals surface area contributed by atoms with Crippen LogP contribution in [-0.2, 0) is 4.74 Å². The summed E-state index contributed by atoms with van der Waals surface area (Å²) in [5, 5.41) is 0. The average Bonchev–Trinajstić information content (AvgIpc) is 2.69. The van der Waals surface area contributed by atoms with Gasteiger partial charge >= 0.3 is 6.09 Å². The van der Waals surface area contributed by atoms with Crippen LogP contribution in [-0.4, -0.2) is 36.8 Å². The second kappa shape index (κ2) is 5.08. The van der Waals surface area contributed by atoms with E-state index < -0.39 is 0 Å². The van der Waals surface area contributed by atoms with E-state index in [-0.39, 0.29) is 12.2 Å². The minimum absolute atomic E-state index is 0.163. The molecule has 17 heavy (non-hydrogen) atoms. The summed E-state index contributed by atoms with van der Waals surface area (Å²) in [6.07, 6.45) is -0.409. The lowest BCUT2D eigenvalue weighted by atomic mass is 10.2. The van der Waals surface area contributed by atoms with Crippen molar-refractivity contribution >= 4 is 6.09 Å². The monoisotopic (exact) mass is 235 g/mol. The fourth-order valence-electron chi connectivity index (χ4n) is 1.74. The molecule has 0 saturated carbocycles. The Morgan fingerprint density at radius 3 is 2.71 bits per heavy atom. The van der Waals surface area contributed by atoms with Gasteiger partial charge in [-0.2, -0.15) is 0 Å². The van der Waals surface area contributed by atoms with Crippen molar-refractivity contribution in [3.63, 3.8) is 0 Å². The summed E-state index contributed by atoms with van der Waals surface area (Å²) < 4.78 is 10.8. The van der Waals surface area contributed by atoms with Crippen molar-refractivity contribution in [2.45, 2.75) is 20.0 Å². The maximum absolute atomic E-state index is 11.3. The molecule has 0 bridgehead atoms. The number of likely N-dealkylation sites (N-methyl/N-ethyl adjacent to an activating group) is 1. The number of nitrogens with zero attached hydrogens (tertiary/aromatic N) is 1. The van der Waals surface area contributed by atoms with E-state index in [1.165, 1.54) is 5.56 Å². The molecular weight excluding hydrogens is 218 g/mol. The Hall–Kier alpha value is -1.71. The van der Waals surface area contributed by atoms with E-state index in [4.69, 9.17) is 9.47 Å². The average molecular weight is 235 g/mol. The second-order valence-electron chi connectivity index (χ2n) is 4.17. The van der Waals surface area contributed by atoms with Crippen LogP contribution in [0.5, 0.6) is 5.75 Å². The molecule has 1 heterocycles. The summed E-state index contributed by atoms with van der Waals surface area (Å²) in [6, 6.07) is 7.83. The van der Waals surface area contributed by atoms with Crippen LogP contribution in [0.15, 0.2) is 24.3 Å². The maximum Gasteiger partial charge on any atom is 0.410 e. The Morgan fingerprint density at radius 1 is 1.41 bits per heavy atom. The third-order valence-corrected chi connectivity index (χ3v) is 2.79. The quantitative estimate of drug-likeness (QED) is 0.803. The van der Waals surface area contributed by atoms with Crippen LogP contribution in [0.2, 0.25) is 0 Å². The van der Waals surface area contributed by atoms with Crippen LogP contribution >= 0.6 is 0 Å². The van der Waals surface area contributed by atoms with Crippen LogP contribution in [0.1, 0.15) is 12.5 Å². The molecule has 1 fully saturated rings. The Labute approximate surface area is 101 Å². The van der Waals surface area contributed by atoms with Gasteiger partial charge in [-0.05, 0) is 26.0 Å². The molecule has 1 aromatic rings. The Morgan fingerprint density at radius 2 is 2.12 bits per heavy atom. The third kappa shape index (κ3) is 2.90. The molecule has 1 saturated heterocycles. The lowest BCUT2D eigenvalue weighted by Crippen LogP contribution is -2.26. The molecule has 1 amide bonds. The number of amides is 1. The normalized spacial score (nSPS) is 19.3. The van der Waals surface area contributed by atoms with Crippen molar-refractivity contribution in [1.82, 2.24) is 4.90 Å². The molecule has 4 heteroatoms. The zero-order valence-electron chi connectivity index (χ0n) is 10.2. The molecule has 0 N–H and O–H groups in total. The van der Waals surface area contributed by atoms with E-state index in [1.54, 1.807) is 4.90 Å². The van der Waals surface area contributed by atoms with Crippen LogP contribution in [0, 0.1) is 6.92 Å². The van der Waals surface area contributed by atoms with Gasteiger partial charge in [0.2, 0.25) is 0 Å².